The lowest BCUT2D eigenvalue weighted by Crippen LogP contribution is -2.35. The lowest BCUT2D eigenvalue weighted by atomic mass is 9.71. The molecule has 3 unspecified atom stereocenters. The van der Waals surface area contributed by atoms with Gasteiger partial charge in [-0.2, -0.15) is 0 Å². The highest BCUT2D eigenvalue weighted by molar-refractivity contribution is 4.85. The first-order chi connectivity index (χ1) is 7.05. The first kappa shape index (κ1) is 11.4. The van der Waals surface area contributed by atoms with Crippen LogP contribution in [0.3, 0.4) is 0 Å². The van der Waals surface area contributed by atoms with Crippen LogP contribution in [0.15, 0.2) is 0 Å². The quantitative estimate of drug-likeness (QED) is 0.758. The van der Waals surface area contributed by atoms with Crippen molar-refractivity contribution in [1.29, 1.82) is 0 Å². The van der Waals surface area contributed by atoms with E-state index in [0.717, 1.165) is 19.0 Å². The Bertz CT molecular complexity index is 209. The predicted molar refractivity (Wildman–Crippen MR) is 62.9 cm³/mol. The van der Waals surface area contributed by atoms with Crippen LogP contribution in [0.25, 0.3) is 0 Å². The molecule has 1 aliphatic carbocycles. The van der Waals surface area contributed by atoms with Crippen LogP contribution in [-0.2, 0) is 4.74 Å². The summed E-state index contributed by atoms with van der Waals surface area (Å²) in [5.74, 6) is 0.827. The van der Waals surface area contributed by atoms with Crippen molar-refractivity contribution >= 4 is 0 Å². The molecule has 0 aromatic rings. The lowest BCUT2D eigenvalue weighted by Gasteiger charge is -2.39. The van der Waals surface area contributed by atoms with Crippen molar-refractivity contribution in [3.63, 3.8) is 0 Å². The van der Waals surface area contributed by atoms with Gasteiger partial charge in [0.25, 0.3) is 0 Å². The molecule has 0 radical (unpaired) electrons. The third-order valence-electron chi connectivity index (χ3n) is 3.75. The molecule has 2 aliphatic rings. The molecular weight excluding hydrogens is 186 g/mol. The zero-order valence-corrected chi connectivity index (χ0v) is 10.4. The molecule has 0 amide bonds. The van der Waals surface area contributed by atoms with Crippen LogP contribution in [0.4, 0.5) is 0 Å². The average Bonchev–Trinajstić information content (AvgIpc) is 2.52. The van der Waals surface area contributed by atoms with Crippen LogP contribution in [0.5, 0.6) is 0 Å². The van der Waals surface area contributed by atoms with E-state index in [1.807, 2.05) is 0 Å². The normalized spacial score (nSPS) is 40.6. The van der Waals surface area contributed by atoms with Gasteiger partial charge >= 0.3 is 0 Å². The minimum atomic E-state index is 0.481. The summed E-state index contributed by atoms with van der Waals surface area (Å²) in [4.78, 5) is 0. The van der Waals surface area contributed by atoms with Crippen LogP contribution in [0, 0.1) is 11.3 Å². The summed E-state index contributed by atoms with van der Waals surface area (Å²) in [5.41, 5.74) is 0.481. The minimum Gasteiger partial charge on any atom is -0.374 e. The molecule has 1 N–H and O–H groups in total. The molecule has 1 aliphatic heterocycles. The van der Waals surface area contributed by atoms with Gasteiger partial charge in [0.05, 0.1) is 12.2 Å². The fourth-order valence-corrected chi connectivity index (χ4v) is 3.38. The molecule has 3 atom stereocenters. The topological polar surface area (TPSA) is 21.3 Å². The SMILES string of the molecule is CC1CC(OC2CCNC2)CC(C)(C)C1. The summed E-state index contributed by atoms with van der Waals surface area (Å²) < 4.78 is 6.20. The van der Waals surface area contributed by atoms with E-state index in [1.54, 1.807) is 0 Å². The minimum absolute atomic E-state index is 0.481. The highest BCUT2D eigenvalue weighted by Gasteiger charge is 2.34. The number of hydrogen-bond acceptors (Lipinski definition) is 2. The van der Waals surface area contributed by atoms with Crippen LogP contribution in [0.2, 0.25) is 0 Å². The van der Waals surface area contributed by atoms with Crippen LogP contribution < -0.4 is 5.32 Å². The molecule has 0 aromatic carbocycles. The van der Waals surface area contributed by atoms with E-state index >= 15 is 0 Å². The molecule has 0 spiro atoms. The fraction of sp³-hybridized carbons (Fsp3) is 1.00. The van der Waals surface area contributed by atoms with Gasteiger partial charge in [0.2, 0.25) is 0 Å². The number of nitrogens with one attached hydrogen (secondary N) is 1. The van der Waals surface area contributed by atoms with Gasteiger partial charge in [0.1, 0.15) is 0 Å². The van der Waals surface area contributed by atoms with Crippen LogP contribution in [0.1, 0.15) is 46.5 Å². The van der Waals surface area contributed by atoms with E-state index in [1.165, 1.54) is 25.7 Å². The Labute approximate surface area is 93.8 Å². The smallest absolute Gasteiger partial charge is 0.0715 e. The van der Waals surface area contributed by atoms with Crippen LogP contribution in [-0.4, -0.2) is 25.3 Å². The van der Waals surface area contributed by atoms with Crippen molar-refractivity contribution < 1.29 is 4.74 Å². The van der Waals surface area contributed by atoms with Gasteiger partial charge < -0.3 is 10.1 Å². The maximum absolute atomic E-state index is 6.20. The maximum atomic E-state index is 6.20. The zero-order valence-electron chi connectivity index (χ0n) is 10.4. The molecule has 15 heavy (non-hydrogen) atoms. The Morgan fingerprint density at radius 2 is 2.00 bits per heavy atom. The lowest BCUT2D eigenvalue weighted by molar-refractivity contribution is -0.0577. The van der Waals surface area contributed by atoms with Crippen molar-refractivity contribution in [2.75, 3.05) is 13.1 Å². The molecule has 88 valence electrons. The molecule has 2 fully saturated rings. The van der Waals surface area contributed by atoms with Gasteiger partial charge in [-0.3, -0.25) is 0 Å². The van der Waals surface area contributed by atoms with Crippen LogP contribution >= 0.6 is 0 Å². The van der Waals surface area contributed by atoms with Gasteiger partial charge in [0.15, 0.2) is 0 Å². The maximum Gasteiger partial charge on any atom is 0.0715 e. The summed E-state index contributed by atoms with van der Waals surface area (Å²) in [7, 11) is 0. The summed E-state index contributed by atoms with van der Waals surface area (Å²) in [6, 6.07) is 0. The second-order valence-electron chi connectivity index (χ2n) is 6.29. The molecular formula is C13H25NO. The standard InChI is InChI=1S/C13H25NO/c1-10-6-12(8-13(2,3)7-10)15-11-4-5-14-9-11/h10-12,14H,4-9H2,1-3H3. The van der Waals surface area contributed by atoms with Crippen molar-refractivity contribution in [3.8, 4) is 0 Å². The Morgan fingerprint density at radius 1 is 1.20 bits per heavy atom. The largest absolute Gasteiger partial charge is 0.374 e. The van der Waals surface area contributed by atoms with Gasteiger partial charge in [-0.15, -0.1) is 0 Å². The Balaban J connectivity index is 1.85. The molecule has 1 saturated heterocycles. The predicted octanol–water partition coefficient (Wildman–Crippen LogP) is 2.58. The van der Waals surface area contributed by atoms with E-state index in [2.05, 4.69) is 26.1 Å². The Morgan fingerprint density at radius 3 is 2.60 bits per heavy atom. The molecule has 1 saturated carbocycles. The highest BCUT2D eigenvalue weighted by Crippen LogP contribution is 2.40. The number of ether oxygens (including phenoxy) is 1. The zero-order chi connectivity index (χ0) is 10.9. The molecule has 0 aromatic heterocycles. The van der Waals surface area contributed by atoms with Gasteiger partial charge in [-0.25, -0.2) is 0 Å². The van der Waals surface area contributed by atoms with Crippen molar-refractivity contribution in [1.82, 2.24) is 5.32 Å². The highest BCUT2D eigenvalue weighted by atomic mass is 16.5. The first-order valence-electron chi connectivity index (χ1n) is 6.41. The molecule has 0 bridgehead atoms. The van der Waals surface area contributed by atoms with E-state index in [-0.39, 0.29) is 0 Å². The summed E-state index contributed by atoms with van der Waals surface area (Å²) >= 11 is 0. The first-order valence-corrected chi connectivity index (χ1v) is 6.41. The summed E-state index contributed by atoms with van der Waals surface area (Å²) in [6.45, 7) is 9.32. The van der Waals surface area contributed by atoms with Crippen molar-refractivity contribution in [2.45, 2.75) is 58.7 Å². The van der Waals surface area contributed by atoms with Gasteiger partial charge in [-0.05, 0) is 43.6 Å². The second kappa shape index (κ2) is 4.42. The van der Waals surface area contributed by atoms with Gasteiger partial charge in [0, 0.05) is 6.54 Å². The molecule has 2 rings (SSSR count). The average molecular weight is 211 g/mol. The molecule has 2 nitrogen and oxygen atoms in total. The molecule has 2 heteroatoms. The second-order valence-corrected chi connectivity index (χ2v) is 6.29. The fourth-order valence-electron chi connectivity index (χ4n) is 3.38. The van der Waals surface area contributed by atoms with E-state index in [0.29, 0.717) is 17.6 Å². The van der Waals surface area contributed by atoms with E-state index in [9.17, 15) is 0 Å². The summed E-state index contributed by atoms with van der Waals surface area (Å²) in [5, 5.41) is 3.37. The Hall–Kier alpha value is -0.0800. The van der Waals surface area contributed by atoms with Gasteiger partial charge in [-0.1, -0.05) is 20.8 Å². The Kier molecular flexibility index (Phi) is 3.36. The number of hydrogen-bond donors (Lipinski definition) is 1. The van der Waals surface area contributed by atoms with E-state index < -0.39 is 0 Å². The van der Waals surface area contributed by atoms with Crippen molar-refractivity contribution in [3.05, 3.63) is 0 Å². The third-order valence-corrected chi connectivity index (χ3v) is 3.75. The monoisotopic (exact) mass is 211 g/mol. The molecule has 1 heterocycles. The number of rotatable bonds is 2. The van der Waals surface area contributed by atoms with E-state index in [4.69, 9.17) is 4.74 Å². The van der Waals surface area contributed by atoms with Crippen molar-refractivity contribution in [2.24, 2.45) is 11.3 Å². The third kappa shape index (κ3) is 3.18. The summed E-state index contributed by atoms with van der Waals surface area (Å²) in [6.07, 6.45) is 6.05.